The normalized spacial score (nSPS) is 11.3. The summed E-state index contributed by atoms with van der Waals surface area (Å²) >= 11 is 3.36. The average molecular weight is 667 g/mol. The van der Waals surface area contributed by atoms with E-state index < -0.39 is 23.9 Å². The average Bonchev–Trinajstić information content (AvgIpc) is 3.05. The van der Waals surface area contributed by atoms with Crippen molar-refractivity contribution in [2.45, 2.75) is 19.1 Å². The zero-order valence-corrected chi connectivity index (χ0v) is 25.4. The number of halogens is 1. The van der Waals surface area contributed by atoms with Gasteiger partial charge >= 0.3 is 11.9 Å². The van der Waals surface area contributed by atoms with Gasteiger partial charge in [0.15, 0.2) is 0 Å². The molecule has 5 rings (SSSR count). The Labute approximate surface area is 268 Å². The summed E-state index contributed by atoms with van der Waals surface area (Å²) in [6, 6.07) is 34.5. The van der Waals surface area contributed by atoms with Crippen LogP contribution in [-0.4, -0.2) is 34.1 Å². The second kappa shape index (κ2) is 14.4. The highest BCUT2D eigenvalue weighted by atomic mass is 79.9. The van der Waals surface area contributed by atoms with Crippen LogP contribution in [0.1, 0.15) is 31.8 Å². The van der Waals surface area contributed by atoms with E-state index in [9.17, 15) is 19.5 Å². The molecule has 0 saturated carbocycles. The molecule has 0 aliphatic rings. The number of rotatable bonds is 12. The summed E-state index contributed by atoms with van der Waals surface area (Å²) in [7, 11) is 0. The van der Waals surface area contributed by atoms with Crippen molar-refractivity contribution in [2.24, 2.45) is 0 Å². The van der Waals surface area contributed by atoms with Crippen LogP contribution in [0.15, 0.2) is 126 Å². The first kappa shape index (κ1) is 31.0. The maximum absolute atomic E-state index is 13.3. The van der Waals surface area contributed by atoms with Gasteiger partial charge in [-0.15, -0.1) is 0 Å². The van der Waals surface area contributed by atoms with Crippen LogP contribution in [0.5, 0.6) is 17.2 Å². The van der Waals surface area contributed by atoms with Gasteiger partial charge < -0.3 is 25.0 Å². The van der Waals surface area contributed by atoms with Crippen LogP contribution < -0.4 is 14.8 Å². The predicted octanol–water partition coefficient (Wildman–Crippen LogP) is 7.61. The number of benzene rings is 5. The van der Waals surface area contributed by atoms with Gasteiger partial charge in [-0.2, -0.15) is 0 Å². The van der Waals surface area contributed by atoms with Crippen LogP contribution in [0.3, 0.4) is 0 Å². The van der Waals surface area contributed by atoms with E-state index in [-0.39, 0.29) is 29.9 Å². The fourth-order valence-corrected chi connectivity index (χ4v) is 4.97. The highest BCUT2D eigenvalue weighted by Crippen LogP contribution is 2.33. The Balaban J connectivity index is 1.27. The molecule has 45 heavy (non-hydrogen) atoms. The molecule has 0 aliphatic carbocycles. The molecule has 0 bridgehead atoms. The zero-order chi connectivity index (χ0) is 31.8. The summed E-state index contributed by atoms with van der Waals surface area (Å²) < 4.78 is 12.6. The molecule has 0 spiro atoms. The molecule has 0 aliphatic heterocycles. The van der Waals surface area contributed by atoms with Crippen molar-refractivity contribution in [3.05, 3.63) is 148 Å². The second-order valence-electron chi connectivity index (χ2n) is 10.1. The van der Waals surface area contributed by atoms with E-state index in [1.165, 1.54) is 12.1 Å². The summed E-state index contributed by atoms with van der Waals surface area (Å²) in [6.45, 7) is 0.0794. The van der Waals surface area contributed by atoms with E-state index in [2.05, 4.69) is 21.2 Å². The SMILES string of the molecule is O=C(O)c1ccc(COc2ccc(Br)cc2C(=O)N[C@@H](Cc2ccc(-c3ccccc3Oc3ccccc3)cc2)C(=O)O)cc1. The van der Waals surface area contributed by atoms with Crippen molar-refractivity contribution in [1.29, 1.82) is 0 Å². The van der Waals surface area contributed by atoms with Gasteiger partial charge in [0.2, 0.25) is 0 Å². The van der Waals surface area contributed by atoms with E-state index in [0.29, 0.717) is 15.8 Å². The molecule has 0 radical (unpaired) electrons. The predicted molar refractivity (Wildman–Crippen MR) is 173 cm³/mol. The number of carbonyl (C=O) groups excluding carboxylic acids is 1. The van der Waals surface area contributed by atoms with Gasteiger partial charge in [0.05, 0.1) is 11.1 Å². The quantitative estimate of drug-likeness (QED) is 0.125. The van der Waals surface area contributed by atoms with Crippen molar-refractivity contribution >= 4 is 33.8 Å². The molecule has 226 valence electrons. The van der Waals surface area contributed by atoms with Gasteiger partial charge in [-0.05, 0) is 65.2 Å². The zero-order valence-electron chi connectivity index (χ0n) is 23.9. The Hall–Kier alpha value is -5.41. The van der Waals surface area contributed by atoms with Gasteiger partial charge in [0.1, 0.15) is 29.9 Å². The second-order valence-corrected chi connectivity index (χ2v) is 11.0. The standard InChI is InChI=1S/C36H28BrNO7/c37-27-18-19-32(44-22-24-12-16-26(17-13-24)35(40)41)30(21-27)34(39)38-31(36(42)43)20-23-10-14-25(15-11-23)29-8-4-5-9-33(29)45-28-6-2-1-3-7-28/h1-19,21,31H,20,22H2,(H,38,39)(H,40,41)(H,42,43)/t31-/m0/s1. The smallest absolute Gasteiger partial charge is 0.335 e. The number of carboxylic acid groups (broad SMARTS) is 2. The maximum Gasteiger partial charge on any atom is 0.335 e. The number of nitrogens with one attached hydrogen (secondary N) is 1. The third kappa shape index (κ3) is 8.16. The molecular weight excluding hydrogens is 638 g/mol. The number of amides is 1. The first-order valence-electron chi connectivity index (χ1n) is 14.0. The number of carbonyl (C=O) groups is 3. The lowest BCUT2D eigenvalue weighted by molar-refractivity contribution is -0.139. The number of hydrogen-bond donors (Lipinski definition) is 3. The Morgan fingerprint density at radius 3 is 2.09 bits per heavy atom. The minimum Gasteiger partial charge on any atom is -0.488 e. The third-order valence-corrected chi connectivity index (χ3v) is 7.44. The van der Waals surface area contributed by atoms with Crippen LogP contribution in [0.4, 0.5) is 0 Å². The highest BCUT2D eigenvalue weighted by Gasteiger charge is 2.23. The molecule has 8 nitrogen and oxygen atoms in total. The summed E-state index contributed by atoms with van der Waals surface area (Å²) in [4.78, 5) is 36.6. The molecule has 0 aromatic heterocycles. The van der Waals surface area contributed by atoms with Gasteiger partial charge in [0.25, 0.3) is 5.91 Å². The lowest BCUT2D eigenvalue weighted by Gasteiger charge is -2.17. The molecule has 0 unspecified atom stereocenters. The molecule has 0 fully saturated rings. The monoisotopic (exact) mass is 665 g/mol. The highest BCUT2D eigenvalue weighted by molar-refractivity contribution is 9.10. The van der Waals surface area contributed by atoms with E-state index >= 15 is 0 Å². The number of hydrogen-bond acceptors (Lipinski definition) is 5. The van der Waals surface area contributed by atoms with Crippen molar-refractivity contribution in [3.63, 3.8) is 0 Å². The molecule has 1 amide bonds. The lowest BCUT2D eigenvalue weighted by Crippen LogP contribution is -2.42. The van der Waals surface area contributed by atoms with Gasteiger partial charge in [-0.1, -0.05) is 88.7 Å². The Kier molecular flexibility index (Phi) is 9.91. The van der Waals surface area contributed by atoms with Crippen molar-refractivity contribution < 1.29 is 34.1 Å². The largest absolute Gasteiger partial charge is 0.488 e. The first-order chi connectivity index (χ1) is 21.8. The summed E-state index contributed by atoms with van der Waals surface area (Å²) in [6.07, 6.45) is 0.0592. The third-order valence-electron chi connectivity index (χ3n) is 6.95. The van der Waals surface area contributed by atoms with Crippen molar-refractivity contribution in [2.75, 3.05) is 0 Å². The van der Waals surface area contributed by atoms with E-state index in [4.69, 9.17) is 14.6 Å². The molecule has 3 N–H and O–H groups in total. The Bertz CT molecular complexity index is 1810. The number of carboxylic acids is 2. The first-order valence-corrected chi connectivity index (χ1v) is 14.8. The minimum absolute atomic E-state index is 0.0592. The molecule has 9 heteroatoms. The number of para-hydroxylation sites is 2. The Morgan fingerprint density at radius 2 is 1.40 bits per heavy atom. The number of ether oxygens (including phenoxy) is 2. The van der Waals surface area contributed by atoms with Gasteiger partial charge in [0, 0.05) is 16.5 Å². The van der Waals surface area contributed by atoms with Crippen LogP contribution in [0.2, 0.25) is 0 Å². The maximum atomic E-state index is 13.3. The summed E-state index contributed by atoms with van der Waals surface area (Å²) in [5.74, 6) is -1.15. The van der Waals surface area contributed by atoms with Gasteiger partial charge in [-0.25, -0.2) is 9.59 Å². The minimum atomic E-state index is -1.20. The molecule has 0 saturated heterocycles. The number of aromatic carboxylic acids is 1. The summed E-state index contributed by atoms with van der Waals surface area (Å²) in [5, 5.41) is 21.7. The fourth-order valence-electron chi connectivity index (χ4n) is 4.61. The van der Waals surface area contributed by atoms with Crippen molar-refractivity contribution in [1.82, 2.24) is 5.32 Å². The molecule has 0 heterocycles. The molecular formula is C36H28BrNO7. The van der Waals surface area contributed by atoms with E-state index in [1.807, 2.05) is 78.9 Å². The summed E-state index contributed by atoms with van der Waals surface area (Å²) in [5.41, 5.74) is 3.52. The number of aliphatic carboxylic acids is 1. The Morgan fingerprint density at radius 1 is 0.733 bits per heavy atom. The molecule has 5 aromatic carbocycles. The molecule has 5 aromatic rings. The van der Waals surface area contributed by atoms with Crippen molar-refractivity contribution in [3.8, 4) is 28.4 Å². The van der Waals surface area contributed by atoms with Crippen LogP contribution in [0.25, 0.3) is 11.1 Å². The molecule has 1 atom stereocenters. The van der Waals surface area contributed by atoms with E-state index in [1.54, 1.807) is 30.3 Å². The van der Waals surface area contributed by atoms with Crippen LogP contribution in [-0.2, 0) is 17.8 Å². The van der Waals surface area contributed by atoms with Crippen LogP contribution in [0, 0.1) is 0 Å². The van der Waals surface area contributed by atoms with E-state index in [0.717, 1.165) is 22.4 Å². The van der Waals surface area contributed by atoms with Gasteiger partial charge in [-0.3, -0.25) is 4.79 Å². The fraction of sp³-hybridized carbons (Fsp3) is 0.0833. The van der Waals surface area contributed by atoms with Crippen LogP contribution >= 0.6 is 15.9 Å². The lowest BCUT2D eigenvalue weighted by atomic mass is 9.99. The topological polar surface area (TPSA) is 122 Å².